The van der Waals surface area contributed by atoms with Crippen molar-refractivity contribution >= 4 is 11.7 Å². The number of primary amides is 1. The lowest BCUT2D eigenvalue weighted by molar-refractivity contribution is 0.249. The summed E-state index contributed by atoms with van der Waals surface area (Å²) in [5.74, 6) is 0.195. The number of nitrogens with zero attached hydrogens (tertiary/aromatic N) is 1. The van der Waals surface area contributed by atoms with Gasteiger partial charge >= 0.3 is 6.03 Å². The van der Waals surface area contributed by atoms with Gasteiger partial charge in [-0.25, -0.2) is 10.2 Å². The third kappa shape index (κ3) is 2.98. The quantitative estimate of drug-likeness (QED) is 0.500. The van der Waals surface area contributed by atoms with E-state index in [-0.39, 0.29) is 5.75 Å². The van der Waals surface area contributed by atoms with Gasteiger partial charge in [0.05, 0.1) is 5.71 Å². The number of phenolic OH excluding ortho intramolecular Hbond substituents is 1. The Morgan fingerprint density at radius 1 is 1.53 bits per heavy atom. The molecule has 0 aliphatic heterocycles. The fourth-order valence-electron chi connectivity index (χ4n) is 1.04. The zero-order valence-electron chi connectivity index (χ0n) is 8.61. The molecule has 0 bridgehead atoms. The van der Waals surface area contributed by atoms with E-state index < -0.39 is 6.03 Å². The van der Waals surface area contributed by atoms with E-state index in [9.17, 15) is 9.90 Å². The monoisotopic (exact) mass is 207 g/mol. The first kappa shape index (κ1) is 11.0. The Labute approximate surface area is 87.6 Å². The van der Waals surface area contributed by atoms with E-state index in [1.807, 2.05) is 0 Å². The Kier molecular flexibility index (Phi) is 3.28. The third-order valence-corrected chi connectivity index (χ3v) is 1.96. The van der Waals surface area contributed by atoms with Gasteiger partial charge < -0.3 is 10.8 Å². The van der Waals surface area contributed by atoms with E-state index in [0.717, 1.165) is 11.1 Å². The van der Waals surface area contributed by atoms with Crippen LogP contribution in [0.1, 0.15) is 18.1 Å². The minimum Gasteiger partial charge on any atom is -0.508 e. The molecule has 5 nitrogen and oxygen atoms in total. The topological polar surface area (TPSA) is 87.7 Å². The standard InChI is InChI=1S/C10H13N3O2/c1-6-3-4-8(5-9(6)14)7(2)12-13-10(11)15/h3-5,14H,1-2H3,(H3,11,13,15). The fraction of sp³-hybridized carbons (Fsp3) is 0.200. The molecule has 0 unspecified atom stereocenters. The fourth-order valence-corrected chi connectivity index (χ4v) is 1.04. The Morgan fingerprint density at radius 2 is 2.20 bits per heavy atom. The second-order valence-corrected chi connectivity index (χ2v) is 3.17. The molecule has 0 fully saturated rings. The number of carbonyl (C=O) groups excluding carboxylic acids is 1. The van der Waals surface area contributed by atoms with Gasteiger partial charge in [-0.15, -0.1) is 0 Å². The molecule has 1 aromatic carbocycles. The minimum absolute atomic E-state index is 0.195. The minimum atomic E-state index is -0.717. The average molecular weight is 207 g/mol. The summed E-state index contributed by atoms with van der Waals surface area (Å²) in [7, 11) is 0. The van der Waals surface area contributed by atoms with Crippen LogP contribution < -0.4 is 11.2 Å². The van der Waals surface area contributed by atoms with Gasteiger partial charge in [0.1, 0.15) is 5.75 Å². The lowest BCUT2D eigenvalue weighted by Crippen LogP contribution is -2.25. The Morgan fingerprint density at radius 3 is 2.73 bits per heavy atom. The molecule has 0 aliphatic rings. The van der Waals surface area contributed by atoms with Crippen LogP contribution in [-0.4, -0.2) is 16.8 Å². The second-order valence-electron chi connectivity index (χ2n) is 3.17. The van der Waals surface area contributed by atoms with Crippen molar-refractivity contribution in [3.63, 3.8) is 0 Å². The van der Waals surface area contributed by atoms with Gasteiger partial charge in [-0.1, -0.05) is 12.1 Å². The van der Waals surface area contributed by atoms with Gasteiger partial charge in [-0.2, -0.15) is 5.10 Å². The SMILES string of the molecule is CC(=NNC(N)=O)c1ccc(C)c(O)c1. The zero-order chi connectivity index (χ0) is 11.4. The number of amides is 2. The summed E-state index contributed by atoms with van der Waals surface area (Å²) >= 11 is 0. The van der Waals surface area contributed by atoms with Crippen LogP contribution >= 0.6 is 0 Å². The maximum atomic E-state index is 10.4. The van der Waals surface area contributed by atoms with E-state index in [1.54, 1.807) is 32.0 Å². The molecule has 0 saturated carbocycles. The second kappa shape index (κ2) is 4.45. The van der Waals surface area contributed by atoms with Gasteiger partial charge in [0.2, 0.25) is 0 Å². The van der Waals surface area contributed by atoms with Crippen LogP contribution in [0.4, 0.5) is 4.79 Å². The normalized spacial score (nSPS) is 11.2. The van der Waals surface area contributed by atoms with Crippen molar-refractivity contribution in [2.75, 3.05) is 0 Å². The highest BCUT2D eigenvalue weighted by atomic mass is 16.3. The summed E-state index contributed by atoms with van der Waals surface area (Å²) in [6, 6.07) is 4.44. The maximum Gasteiger partial charge on any atom is 0.332 e. The number of aromatic hydroxyl groups is 1. The molecule has 0 saturated heterocycles. The molecule has 80 valence electrons. The van der Waals surface area contributed by atoms with Crippen molar-refractivity contribution in [3.8, 4) is 5.75 Å². The Hall–Kier alpha value is -2.04. The molecular formula is C10H13N3O2. The number of rotatable bonds is 2. The van der Waals surface area contributed by atoms with Crippen molar-refractivity contribution in [3.05, 3.63) is 29.3 Å². The molecular weight excluding hydrogens is 194 g/mol. The Balaban J connectivity index is 2.91. The molecule has 0 aliphatic carbocycles. The lowest BCUT2D eigenvalue weighted by atomic mass is 10.1. The third-order valence-electron chi connectivity index (χ3n) is 1.96. The van der Waals surface area contributed by atoms with E-state index in [4.69, 9.17) is 5.73 Å². The van der Waals surface area contributed by atoms with Crippen molar-refractivity contribution < 1.29 is 9.90 Å². The first-order chi connectivity index (χ1) is 7.00. The Bertz CT molecular complexity index is 413. The molecule has 1 aromatic rings. The smallest absolute Gasteiger partial charge is 0.332 e. The predicted octanol–water partition coefficient (Wildman–Crippen LogP) is 1.09. The van der Waals surface area contributed by atoms with Crippen molar-refractivity contribution in [1.29, 1.82) is 0 Å². The van der Waals surface area contributed by atoms with Crippen LogP contribution in [0, 0.1) is 6.92 Å². The van der Waals surface area contributed by atoms with Crippen LogP contribution in [0.2, 0.25) is 0 Å². The molecule has 0 radical (unpaired) electrons. The zero-order valence-corrected chi connectivity index (χ0v) is 8.61. The van der Waals surface area contributed by atoms with E-state index in [1.165, 1.54) is 0 Å². The van der Waals surface area contributed by atoms with Gasteiger partial charge in [0.15, 0.2) is 0 Å². The number of urea groups is 1. The molecule has 2 amide bonds. The number of hydrogen-bond donors (Lipinski definition) is 3. The largest absolute Gasteiger partial charge is 0.508 e. The number of hydrogen-bond acceptors (Lipinski definition) is 3. The molecule has 0 atom stereocenters. The van der Waals surface area contributed by atoms with Crippen LogP contribution in [0.25, 0.3) is 0 Å². The van der Waals surface area contributed by atoms with Gasteiger partial charge in [0.25, 0.3) is 0 Å². The summed E-state index contributed by atoms with van der Waals surface area (Å²) in [6.45, 7) is 3.51. The van der Waals surface area contributed by atoms with Crippen LogP contribution in [0.5, 0.6) is 5.75 Å². The number of nitrogens with one attached hydrogen (secondary N) is 1. The average Bonchev–Trinajstić information content (AvgIpc) is 2.18. The molecule has 15 heavy (non-hydrogen) atoms. The molecule has 0 spiro atoms. The van der Waals surface area contributed by atoms with Gasteiger partial charge in [0, 0.05) is 5.56 Å². The van der Waals surface area contributed by atoms with E-state index in [0.29, 0.717) is 5.71 Å². The van der Waals surface area contributed by atoms with E-state index >= 15 is 0 Å². The van der Waals surface area contributed by atoms with Crippen LogP contribution in [-0.2, 0) is 0 Å². The summed E-state index contributed by atoms with van der Waals surface area (Å²) in [5, 5.41) is 13.2. The van der Waals surface area contributed by atoms with Gasteiger partial charge in [-0.3, -0.25) is 0 Å². The highest BCUT2D eigenvalue weighted by Crippen LogP contribution is 2.17. The number of hydrazone groups is 1. The number of nitrogens with two attached hydrogens (primary N) is 1. The summed E-state index contributed by atoms with van der Waals surface area (Å²) in [4.78, 5) is 10.4. The molecule has 5 heteroatoms. The highest BCUT2D eigenvalue weighted by Gasteiger charge is 2.01. The van der Waals surface area contributed by atoms with Crippen molar-refractivity contribution in [1.82, 2.24) is 5.43 Å². The number of phenols is 1. The highest BCUT2D eigenvalue weighted by molar-refractivity contribution is 5.99. The first-order valence-electron chi connectivity index (χ1n) is 4.40. The number of carbonyl (C=O) groups is 1. The van der Waals surface area contributed by atoms with Crippen molar-refractivity contribution in [2.24, 2.45) is 10.8 Å². The van der Waals surface area contributed by atoms with Crippen LogP contribution in [0.15, 0.2) is 23.3 Å². The summed E-state index contributed by atoms with van der Waals surface area (Å²) < 4.78 is 0. The van der Waals surface area contributed by atoms with Gasteiger partial charge in [-0.05, 0) is 25.5 Å². The van der Waals surface area contributed by atoms with E-state index in [2.05, 4.69) is 10.5 Å². The molecule has 1 rings (SSSR count). The molecule has 0 heterocycles. The lowest BCUT2D eigenvalue weighted by Gasteiger charge is -2.03. The predicted molar refractivity (Wildman–Crippen MR) is 57.8 cm³/mol. The summed E-state index contributed by atoms with van der Waals surface area (Å²) in [6.07, 6.45) is 0. The summed E-state index contributed by atoms with van der Waals surface area (Å²) in [5.41, 5.74) is 9.08. The molecule has 4 N–H and O–H groups in total. The van der Waals surface area contributed by atoms with Crippen LogP contribution in [0.3, 0.4) is 0 Å². The number of benzene rings is 1. The van der Waals surface area contributed by atoms with Crippen molar-refractivity contribution in [2.45, 2.75) is 13.8 Å². The number of aryl methyl sites for hydroxylation is 1. The first-order valence-corrected chi connectivity index (χ1v) is 4.40. The molecule has 0 aromatic heterocycles. The maximum absolute atomic E-state index is 10.4.